The zero-order valence-corrected chi connectivity index (χ0v) is 14.3. The molecule has 24 heavy (non-hydrogen) atoms. The number of para-hydroxylation sites is 1. The van der Waals surface area contributed by atoms with Gasteiger partial charge >= 0.3 is 0 Å². The van der Waals surface area contributed by atoms with Crippen molar-refractivity contribution in [2.24, 2.45) is 5.41 Å². The second kappa shape index (κ2) is 6.22. The molecule has 1 aromatic heterocycles. The lowest BCUT2D eigenvalue weighted by molar-refractivity contribution is 0.0577. The Hall–Kier alpha value is -1.85. The Bertz CT molecular complexity index is 691. The Morgan fingerprint density at radius 1 is 1.21 bits per heavy atom. The van der Waals surface area contributed by atoms with Gasteiger partial charge in [-0.3, -0.25) is 9.69 Å². The number of fused-ring (bicyclic) bond motifs is 1. The summed E-state index contributed by atoms with van der Waals surface area (Å²) in [6.07, 6.45) is 1.25. The van der Waals surface area contributed by atoms with Gasteiger partial charge < -0.3 is 15.2 Å². The molecule has 0 bridgehead atoms. The number of nitrogens with one attached hydrogen (secondary N) is 2. The summed E-state index contributed by atoms with van der Waals surface area (Å²) in [7, 11) is 0. The van der Waals surface area contributed by atoms with Crippen LogP contribution in [0.3, 0.4) is 0 Å². The zero-order chi connectivity index (χ0) is 16.6. The number of aromatic amines is 1. The van der Waals surface area contributed by atoms with E-state index in [0.717, 1.165) is 56.7 Å². The maximum Gasteiger partial charge on any atom is 0.270 e. The summed E-state index contributed by atoms with van der Waals surface area (Å²) in [5.74, 6) is 0.125. The van der Waals surface area contributed by atoms with Gasteiger partial charge in [-0.05, 0) is 30.5 Å². The Morgan fingerprint density at radius 2 is 2.00 bits per heavy atom. The molecule has 5 nitrogen and oxygen atoms in total. The molecule has 0 radical (unpaired) electrons. The summed E-state index contributed by atoms with van der Waals surface area (Å²) < 4.78 is 0. The summed E-state index contributed by atoms with van der Waals surface area (Å²) in [4.78, 5) is 20.5. The van der Waals surface area contributed by atoms with E-state index in [1.54, 1.807) is 0 Å². The van der Waals surface area contributed by atoms with Crippen LogP contribution in [0.25, 0.3) is 10.9 Å². The molecule has 1 atom stereocenters. The number of carbonyl (C=O) groups excluding carboxylic acids is 1. The number of amides is 1. The monoisotopic (exact) mass is 326 g/mol. The summed E-state index contributed by atoms with van der Waals surface area (Å²) in [6.45, 7) is 9.33. The third-order valence-corrected chi connectivity index (χ3v) is 5.48. The maximum atomic E-state index is 12.7. The third kappa shape index (κ3) is 3.06. The smallest absolute Gasteiger partial charge is 0.270 e. The van der Waals surface area contributed by atoms with Crippen LogP contribution in [0.4, 0.5) is 0 Å². The first-order valence-electron chi connectivity index (χ1n) is 8.93. The van der Waals surface area contributed by atoms with E-state index < -0.39 is 0 Å². The SMILES string of the molecule is CC1(CN2CCN(C(=O)c3cc4ccccc4[nH]3)CC2)CCNC1. The molecule has 128 valence electrons. The molecule has 2 aliphatic heterocycles. The largest absolute Gasteiger partial charge is 0.351 e. The number of hydrogen-bond donors (Lipinski definition) is 2. The fourth-order valence-electron chi connectivity index (χ4n) is 4.01. The molecule has 3 heterocycles. The number of piperazine rings is 1. The summed E-state index contributed by atoms with van der Waals surface area (Å²) in [5, 5.41) is 4.57. The second-order valence-electron chi connectivity index (χ2n) is 7.58. The fraction of sp³-hybridized carbons (Fsp3) is 0.526. The van der Waals surface area contributed by atoms with E-state index in [0.29, 0.717) is 11.1 Å². The van der Waals surface area contributed by atoms with Gasteiger partial charge in [-0.25, -0.2) is 0 Å². The molecular formula is C19H26N4O. The van der Waals surface area contributed by atoms with Gasteiger partial charge in [0.1, 0.15) is 5.69 Å². The zero-order valence-electron chi connectivity index (χ0n) is 14.3. The van der Waals surface area contributed by atoms with E-state index in [9.17, 15) is 4.79 Å². The first-order valence-corrected chi connectivity index (χ1v) is 8.93. The lowest BCUT2D eigenvalue weighted by Crippen LogP contribution is -2.51. The third-order valence-electron chi connectivity index (χ3n) is 5.48. The molecule has 0 saturated carbocycles. The Balaban J connectivity index is 1.37. The van der Waals surface area contributed by atoms with E-state index in [1.807, 2.05) is 35.2 Å². The van der Waals surface area contributed by atoms with Gasteiger partial charge in [0.05, 0.1) is 0 Å². The van der Waals surface area contributed by atoms with Crippen molar-refractivity contribution in [1.29, 1.82) is 0 Å². The topological polar surface area (TPSA) is 51.4 Å². The van der Waals surface area contributed by atoms with Gasteiger partial charge in [0.15, 0.2) is 0 Å². The lowest BCUT2D eigenvalue weighted by atomic mass is 9.89. The Kier molecular flexibility index (Phi) is 4.06. The van der Waals surface area contributed by atoms with Crippen molar-refractivity contribution in [2.75, 3.05) is 45.8 Å². The summed E-state index contributed by atoms with van der Waals surface area (Å²) in [6, 6.07) is 10.0. The van der Waals surface area contributed by atoms with E-state index in [4.69, 9.17) is 0 Å². The van der Waals surface area contributed by atoms with E-state index in [2.05, 4.69) is 22.1 Å². The van der Waals surface area contributed by atoms with Gasteiger partial charge in [0.2, 0.25) is 0 Å². The van der Waals surface area contributed by atoms with Gasteiger partial charge in [0, 0.05) is 50.2 Å². The molecule has 2 aliphatic rings. The van der Waals surface area contributed by atoms with Gasteiger partial charge in [-0.1, -0.05) is 25.1 Å². The van der Waals surface area contributed by atoms with Gasteiger partial charge in [0.25, 0.3) is 5.91 Å². The first kappa shape index (κ1) is 15.7. The number of aromatic nitrogens is 1. The van der Waals surface area contributed by atoms with Gasteiger partial charge in [-0.2, -0.15) is 0 Å². The number of H-pyrrole nitrogens is 1. The molecular weight excluding hydrogens is 300 g/mol. The normalized spacial score (nSPS) is 25.5. The molecule has 0 spiro atoms. The summed E-state index contributed by atoms with van der Waals surface area (Å²) in [5.41, 5.74) is 2.13. The van der Waals surface area contributed by atoms with Crippen molar-refractivity contribution in [2.45, 2.75) is 13.3 Å². The molecule has 2 N–H and O–H groups in total. The molecule has 2 fully saturated rings. The highest BCUT2D eigenvalue weighted by molar-refractivity contribution is 5.98. The number of benzene rings is 1. The standard InChI is InChI=1S/C19H26N4O/c1-19(6-7-20-13-19)14-22-8-10-23(11-9-22)18(24)17-12-15-4-2-3-5-16(15)21-17/h2-5,12,20-21H,6-11,13-14H2,1H3. The minimum absolute atomic E-state index is 0.125. The van der Waals surface area contributed by atoms with Crippen molar-refractivity contribution in [3.05, 3.63) is 36.0 Å². The van der Waals surface area contributed by atoms with Crippen LogP contribution in [0, 0.1) is 5.41 Å². The molecule has 1 unspecified atom stereocenters. The molecule has 2 aromatic rings. The van der Waals surface area contributed by atoms with E-state index >= 15 is 0 Å². The highest BCUT2D eigenvalue weighted by Crippen LogP contribution is 2.26. The molecule has 2 saturated heterocycles. The van der Waals surface area contributed by atoms with Gasteiger partial charge in [-0.15, -0.1) is 0 Å². The van der Waals surface area contributed by atoms with Crippen molar-refractivity contribution >= 4 is 16.8 Å². The predicted molar refractivity (Wildman–Crippen MR) is 96.2 cm³/mol. The van der Waals surface area contributed by atoms with Crippen molar-refractivity contribution in [3.63, 3.8) is 0 Å². The highest BCUT2D eigenvalue weighted by Gasteiger charge is 2.32. The molecule has 1 amide bonds. The van der Waals surface area contributed by atoms with Crippen LogP contribution in [-0.2, 0) is 0 Å². The number of rotatable bonds is 3. The minimum atomic E-state index is 0.125. The van der Waals surface area contributed by atoms with Crippen LogP contribution in [0.5, 0.6) is 0 Å². The van der Waals surface area contributed by atoms with E-state index in [-0.39, 0.29) is 5.91 Å². The van der Waals surface area contributed by atoms with E-state index in [1.165, 1.54) is 6.42 Å². The molecule has 4 rings (SSSR count). The number of nitrogens with zero attached hydrogens (tertiary/aromatic N) is 2. The number of carbonyl (C=O) groups is 1. The lowest BCUT2D eigenvalue weighted by Gasteiger charge is -2.38. The first-order chi connectivity index (χ1) is 11.6. The quantitative estimate of drug-likeness (QED) is 0.906. The van der Waals surface area contributed by atoms with Crippen LogP contribution >= 0.6 is 0 Å². The minimum Gasteiger partial charge on any atom is -0.351 e. The Morgan fingerprint density at radius 3 is 2.71 bits per heavy atom. The predicted octanol–water partition coefficient (Wildman–Crippen LogP) is 1.93. The van der Waals surface area contributed by atoms with Crippen LogP contribution in [0.2, 0.25) is 0 Å². The van der Waals surface area contributed by atoms with Crippen molar-refractivity contribution < 1.29 is 4.79 Å². The summed E-state index contributed by atoms with van der Waals surface area (Å²) >= 11 is 0. The fourth-order valence-corrected chi connectivity index (χ4v) is 4.01. The Labute approximate surface area is 143 Å². The van der Waals surface area contributed by atoms with Crippen LogP contribution in [-0.4, -0.2) is 66.5 Å². The van der Waals surface area contributed by atoms with Crippen LogP contribution < -0.4 is 5.32 Å². The molecule has 1 aromatic carbocycles. The number of hydrogen-bond acceptors (Lipinski definition) is 3. The second-order valence-corrected chi connectivity index (χ2v) is 7.58. The molecule has 5 heteroatoms. The van der Waals surface area contributed by atoms with Crippen LogP contribution in [0.15, 0.2) is 30.3 Å². The van der Waals surface area contributed by atoms with Crippen molar-refractivity contribution in [3.8, 4) is 0 Å². The molecule has 0 aliphatic carbocycles. The average Bonchev–Trinajstić information content (AvgIpc) is 3.21. The van der Waals surface area contributed by atoms with Crippen molar-refractivity contribution in [1.82, 2.24) is 20.1 Å². The maximum absolute atomic E-state index is 12.7. The highest BCUT2D eigenvalue weighted by atomic mass is 16.2. The van der Waals surface area contributed by atoms with Crippen LogP contribution in [0.1, 0.15) is 23.8 Å². The average molecular weight is 326 g/mol.